The Morgan fingerprint density at radius 2 is 2.21 bits per heavy atom. The van der Waals surface area contributed by atoms with Crippen molar-refractivity contribution in [2.24, 2.45) is 0 Å². The van der Waals surface area contributed by atoms with Crippen LogP contribution < -0.4 is 0 Å². The Balaban J connectivity index is 1.97. The lowest BCUT2D eigenvalue weighted by Gasteiger charge is -2.26. The van der Waals surface area contributed by atoms with E-state index in [1.807, 2.05) is 11.4 Å². The number of halogens is 1. The van der Waals surface area contributed by atoms with Crippen molar-refractivity contribution in [3.8, 4) is 0 Å². The van der Waals surface area contributed by atoms with E-state index in [1.165, 1.54) is 27.6 Å². The summed E-state index contributed by atoms with van der Waals surface area (Å²) in [5.74, 6) is 0. The number of hydrogen-bond donors (Lipinski definition) is 0. The van der Waals surface area contributed by atoms with Gasteiger partial charge >= 0.3 is 0 Å². The summed E-state index contributed by atoms with van der Waals surface area (Å²) in [5, 5.41) is 2.21. The minimum absolute atomic E-state index is 0.0790. The van der Waals surface area contributed by atoms with Crippen molar-refractivity contribution in [1.29, 1.82) is 0 Å². The van der Waals surface area contributed by atoms with Gasteiger partial charge in [-0.15, -0.1) is 11.3 Å². The van der Waals surface area contributed by atoms with E-state index < -0.39 is 10.0 Å². The summed E-state index contributed by atoms with van der Waals surface area (Å²) in [7, 11) is -3.57. The van der Waals surface area contributed by atoms with Crippen molar-refractivity contribution < 1.29 is 8.42 Å². The monoisotopic (exact) mass is 314 g/mol. The second-order valence-electron chi connectivity index (χ2n) is 4.26. The van der Waals surface area contributed by atoms with E-state index >= 15 is 0 Å². The van der Waals surface area contributed by atoms with Crippen LogP contribution in [0.25, 0.3) is 0 Å². The Kier molecular flexibility index (Phi) is 3.34. The van der Waals surface area contributed by atoms with Gasteiger partial charge in [-0.1, -0.05) is 11.6 Å². The molecule has 4 nitrogen and oxygen atoms in total. The van der Waals surface area contributed by atoms with Crippen LogP contribution in [0.15, 0.2) is 34.8 Å². The van der Waals surface area contributed by atoms with Crippen LogP contribution >= 0.6 is 22.9 Å². The summed E-state index contributed by atoms with van der Waals surface area (Å²) < 4.78 is 26.6. The summed E-state index contributed by atoms with van der Waals surface area (Å²) in [5.41, 5.74) is 1.08. The van der Waals surface area contributed by atoms with Gasteiger partial charge in [0.15, 0.2) is 0 Å². The zero-order valence-corrected chi connectivity index (χ0v) is 12.3. The largest absolute Gasteiger partial charge is 0.263 e. The number of pyridine rings is 1. The number of sulfonamides is 1. The molecule has 0 spiro atoms. The third-order valence-electron chi connectivity index (χ3n) is 3.12. The first-order valence-electron chi connectivity index (χ1n) is 5.74. The molecule has 0 N–H and O–H groups in total. The first-order valence-corrected chi connectivity index (χ1v) is 8.44. The molecule has 0 aliphatic carbocycles. The fourth-order valence-corrected chi connectivity index (χ4v) is 4.83. The van der Waals surface area contributed by atoms with Gasteiger partial charge in [-0.25, -0.2) is 8.42 Å². The number of nitrogens with zero attached hydrogens (tertiary/aromatic N) is 2. The van der Waals surface area contributed by atoms with E-state index in [0.29, 0.717) is 13.1 Å². The summed E-state index contributed by atoms with van der Waals surface area (Å²) in [6.45, 7) is 0.896. The lowest BCUT2D eigenvalue weighted by Crippen LogP contribution is -2.35. The number of hydrogen-bond acceptors (Lipinski definition) is 4. The maximum absolute atomic E-state index is 12.5. The van der Waals surface area contributed by atoms with Gasteiger partial charge in [0.05, 0.1) is 5.02 Å². The molecule has 0 saturated heterocycles. The number of rotatable bonds is 2. The van der Waals surface area contributed by atoms with E-state index in [9.17, 15) is 8.42 Å². The minimum Gasteiger partial charge on any atom is -0.263 e. The highest BCUT2D eigenvalue weighted by Crippen LogP contribution is 2.30. The first-order chi connectivity index (χ1) is 9.09. The smallest absolute Gasteiger partial charge is 0.246 e. The molecule has 7 heteroatoms. The van der Waals surface area contributed by atoms with Crippen molar-refractivity contribution >= 4 is 33.0 Å². The third-order valence-corrected chi connectivity index (χ3v) is 6.46. The van der Waals surface area contributed by atoms with Gasteiger partial charge < -0.3 is 0 Å². The molecular weight excluding hydrogens is 304 g/mol. The normalized spacial score (nSPS) is 16.3. The molecule has 1 aliphatic heterocycles. The topological polar surface area (TPSA) is 50.3 Å². The Bertz CT molecular complexity index is 712. The predicted molar refractivity (Wildman–Crippen MR) is 74.9 cm³/mol. The highest BCUT2D eigenvalue weighted by Gasteiger charge is 2.30. The Morgan fingerprint density at radius 1 is 1.37 bits per heavy atom. The van der Waals surface area contributed by atoms with Crippen LogP contribution in [0.3, 0.4) is 0 Å². The average molecular weight is 315 g/mol. The molecule has 0 aromatic carbocycles. The van der Waals surface area contributed by atoms with Crippen LogP contribution in [0.4, 0.5) is 0 Å². The minimum atomic E-state index is -3.57. The van der Waals surface area contributed by atoms with Crippen molar-refractivity contribution in [3.63, 3.8) is 0 Å². The molecule has 1 aliphatic rings. The Hall–Kier alpha value is -0.950. The number of thiophene rings is 1. The molecule has 3 heterocycles. The lowest BCUT2D eigenvalue weighted by atomic mass is 10.1. The molecule has 100 valence electrons. The number of aromatic nitrogens is 1. The van der Waals surface area contributed by atoms with Crippen LogP contribution in [0, 0.1) is 0 Å². The molecule has 3 rings (SSSR count). The molecule has 2 aromatic heterocycles. The molecule has 0 fully saturated rings. The molecule has 0 atom stereocenters. The van der Waals surface area contributed by atoms with Crippen LogP contribution in [0.5, 0.6) is 0 Å². The van der Waals surface area contributed by atoms with Crippen molar-refractivity contribution in [1.82, 2.24) is 9.29 Å². The number of fused-ring (bicyclic) bond motifs is 1. The summed E-state index contributed by atoms with van der Waals surface area (Å²) in [6, 6.07) is 3.47. The van der Waals surface area contributed by atoms with E-state index in [1.54, 1.807) is 11.3 Å². The zero-order chi connectivity index (χ0) is 13.5. The van der Waals surface area contributed by atoms with Gasteiger partial charge in [-0.05, 0) is 29.5 Å². The zero-order valence-electron chi connectivity index (χ0n) is 9.91. The summed E-state index contributed by atoms with van der Waals surface area (Å²) in [6.07, 6.45) is 3.54. The van der Waals surface area contributed by atoms with Gasteiger partial charge in [0.2, 0.25) is 10.0 Å². The molecule has 19 heavy (non-hydrogen) atoms. The third kappa shape index (κ3) is 2.29. The standard InChI is InChI=1S/C12H11ClN2O2S2/c13-10-1-4-14-7-12(10)19(16,17)15-5-2-11-9(8-15)3-6-18-11/h1,3-4,6-7H,2,5,8H2. The van der Waals surface area contributed by atoms with Gasteiger partial charge in [0.25, 0.3) is 0 Å². The van der Waals surface area contributed by atoms with E-state index in [4.69, 9.17) is 11.6 Å². The van der Waals surface area contributed by atoms with E-state index in [-0.39, 0.29) is 9.92 Å². The van der Waals surface area contributed by atoms with Crippen molar-refractivity contribution in [3.05, 3.63) is 45.4 Å². The average Bonchev–Trinajstić information content (AvgIpc) is 2.86. The maximum atomic E-state index is 12.5. The lowest BCUT2D eigenvalue weighted by molar-refractivity contribution is 0.394. The molecule has 2 aromatic rings. The maximum Gasteiger partial charge on any atom is 0.246 e. The Labute approximate surface area is 120 Å². The molecular formula is C12H11ClN2O2S2. The quantitative estimate of drug-likeness (QED) is 0.856. The second kappa shape index (κ2) is 4.86. The highest BCUT2D eigenvalue weighted by atomic mass is 35.5. The van der Waals surface area contributed by atoms with Gasteiger partial charge in [-0.3, -0.25) is 4.98 Å². The summed E-state index contributed by atoms with van der Waals surface area (Å²) in [4.78, 5) is 5.20. The molecule has 0 radical (unpaired) electrons. The fraction of sp³-hybridized carbons (Fsp3) is 0.250. The van der Waals surface area contributed by atoms with E-state index in [0.717, 1.165) is 12.0 Å². The SMILES string of the molecule is O=S(=O)(c1cnccc1Cl)N1CCc2sccc2C1. The van der Waals surface area contributed by atoms with Crippen LogP contribution in [0.1, 0.15) is 10.4 Å². The fourth-order valence-electron chi connectivity index (χ4n) is 2.12. The summed E-state index contributed by atoms with van der Waals surface area (Å²) >= 11 is 7.64. The van der Waals surface area contributed by atoms with Crippen LogP contribution in [-0.4, -0.2) is 24.3 Å². The van der Waals surface area contributed by atoms with Crippen LogP contribution in [-0.2, 0) is 23.0 Å². The van der Waals surface area contributed by atoms with Crippen molar-refractivity contribution in [2.75, 3.05) is 6.54 Å². The second-order valence-corrected chi connectivity index (χ2v) is 7.58. The molecule has 0 bridgehead atoms. The van der Waals surface area contributed by atoms with Crippen molar-refractivity contribution in [2.45, 2.75) is 17.9 Å². The molecule has 0 saturated carbocycles. The van der Waals surface area contributed by atoms with E-state index in [2.05, 4.69) is 4.98 Å². The van der Waals surface area contributed by atoms with Gasteiger partial charge in [-0.2, -0.15) is 4.31 Å². The highest BCUT2D eigenvalue weighted by molar-refractivity contribution is 7.89. The Morgan fingerprint density at radius 3 is 3.00 bits per heavy atom. The molecule has 0 unspecified atom stereocenters. The van der Waals surface area contributed by atoms with Gasteiger partial charge in [0.1, 0.15) is 4.90 Å². The first kappa shape index (κ1) is 13.1. The van der Waals surface area contributed by atoms with Crippen LogP contribution in [0.2, 0.25) is 5.02 Å². The predicted octanol–water partition coefficient (Wildman–Crippen LogP) is 2.54. The molecule has 0 amide bonds. The van der Waals surface area contributed by atoms with Gasteiger partial charge in [0, 0.05) is 30.4 Å².